The summed E-state index contributed by atoms with van der Waals surface area (Å²) in [7, 11) is 0. The van der Waals surface area contributed by atoms with Crippen LogP contribution in [0.15, 0.2) is 58.3 Å². The van der Waals surface area contributed by atoms with Gasteiger partial charge in [0.1, 0.15) is 0 Å². The molecule has 2 heterocycles. The number of aromatic nitrogens is 2. The minimum absolute atomic E-state index is 0.0128. The number of aromatic amines is 1. The van der Waals surface area contributed by atoms with Gasteiger partial charge in [-0.2, -0.15) is 0 Å². The third-order valence-corrected chi connectivity index (χ3v) is 5.21. The smallest absolute Gasteiger partial charge is 0.280 e. The first-order valence-corrected chi connectivity index (χ1v) is 9.99. The number of ether oxygens (including phenoxy) is 1. The highest BCUT2D eigenvalue weighted by Gasteiger charge is 2.18. The van der Waals surface area contributed by atoms with E-state index in [1.54, 1.807) is 59.6 Å². The molecule has 1 saturated heterocycles. The van der Waals surface area contributed by atoms with Gasteiger partial charge in [0.05, 0.1) is 30.2 Å². The van der Waals surface area contributed by atoms with Crippen molar-refractivity contribution in [2.45, 2.75) is 6.92 Å². The zero-order valence-corrected chi connectivity index (χ0v) is 17.2. The highest BCUT2D eigenvalue weighted by molar-refractivity contribution is 6.30. The fourth-order valence-corrected chi connectivity index (χ4v) is 3.39. The van der Waals surface area contributed by atoms with E-state index in [0.29, 0.717) is 59.5 Å². The van der Waals surface area contributed by atoms with E-state index < -0.39 is 0 Å². The van der Waals surface area contributed by atoms with Gasteiger partial charge in [0, 0.05) is 35.6 Å². The summed E-state index contributed by atoms with van der Waals surface area (Å²) in [6, 6.07) is 14.0. The van der Waals surface area contributed by atoms with Crippen LogP contribution in [0.3, 0.4) is 0 Å². The summed E-state index contributed by atoms with van der Waals surface area (Å²) < 4.78 is 6.74. The van der Waals surface area contributed by atoms with Crippen LogP contribution in [0.4, 0.5) is 5.69 Å². The topological polar surface area (TPSA) is 79.7 Å². The number of morpholine rings is 1. The maximum Gasteiger partial charge on any atom is 0.280 e. The quantitative estimate of drug-likeness (QED) is 0.652. The first-order chi connectivity index (χ1) is 14.5. The fourth-order valence-electron chi connectivity index (χ4n) is 3.26. The molecule has 1 fully saturated rings. The second-order valence-corrected chi connectivity index (χ2v) is 7.41. The predicted octanol–water partition coefficient (Wildman–Crippen LogP) is 3.35. The summed E-state index contributed by atoms with van der Waals surface area (Å²) in [5.41, 5.74) is 2.94. The molecule has 1 aromatic heterocycles. The largest absolute Gasteiger partial charge is 0.378 e. The van der Waals surface area contributed by atoms with Crippen LogP contribution in [0.25, 0.3) is 5.69 Å². The van der Waals surface area contributed by atoms with E-state index in [1.807, 2.05) is 6.92 Å². The molecule has 2 aromatic carbocycles. The second-order valence-electron chi connectivity index (χ2n) is 6.98. The normalized spacial score (nSPS) is 14.4. The van der Waals surface area contributed by atoms with Gasteiger partial charge in [-0.15, -0.1) is 0 Å². The molecule has 1 amide bonds. The number of nitrogens with one attached hydrogen (secondary N) is 1. The van der Waals surface area contributed by atoms with Gasteiger partial charge >= 0.3 is 0 Å². The van der Waals surface area contributed by atoms with Crippen LogP contribution in [0.1, 0.15) is 21.6 Å². The van der Waals surface area contributed by atoms with E-state index in [4.69, 9.17) is 16.3 Å². The van der Waals surface area contributed by atoms with Crippen LogP contribution in [0, 0.1) is 6.92 Å². The number of hydrogen-bond donors (Lipinski definition) is 1. The molecule has 154 valence electrons. The van der Waals surface area contributed by atoms with Gasteiger partial charge in [-0.3, -0.25) is 19.7 Å². The fraction of sp³-hybridized carbons (Fsp3) is 0.227. The van der Waals surface area contributed by atoms with Crippen molar-refractivity contribution in [3.8, 4) is 5.69 Å². The predicted molar refractivity (Wildman–Crippen MR) is 117 cm³/mol. The Hall–Kier alpha value is -3.16. The highest BCUT2D eigenvalue weighted by Crippen LogP contribution is 2.16. The molecular weight excluding hydrogens is 404 g/mol. The van der Waals surface area contributed by atoms with Crippen molar-refractivity contribution in [2.24, 2.45) is 4.99 Å². The Labute approximate surface area is 178 Å². The summed E-state index contributed by atoms with van der Waals surface area (Å²) >= 11 is 5.92. The van der Waals surface area contributed by atoms with Gasteiger partial charge in [-0.1, -0.05) is 11.6 Å². The van der Waals surface area contributed by atoms with Gasteiger partial charge in [0.15, 0.2) is 0 Å². The molecule has 1 aliphatic heterocycles. The van der Waals surface area contributed by atoms with Crippen LogP contribution in [0.2, 0.25) is 5.02 Å². The Morgan fingerprint density at radius 1 is 1.10 bits per heavy atom. The Balaban J connectivity index is 1.52. The van der Waals surface area contributed by atoms with Crippen molar-refractivity contribution in [1.29, 1.82) is 0 Å². The summed E-state index contributed by atoms with van der Waals surface area (Å²) in [5, 5.41) is 3.66. The van der Waals surface area contributed by atoms with E-state index in [9.17, 15) is 9.59 Å². The number of carbonyl (C=O) groups excluding carboxylic acids is 1. The second kappa shape index (κ2) is 8.69. The van der Waals surface area contributed by atoms with Gasteiger partial charge in [-0.25, -0.2) is 4.68 Å². The number of halogens is 1. The molecule has 0 bridgehead atoms. The number of nitrogens with zero attached hydrogens (tertiary/aromatic N) is 3. The summed E-state index contributed by atoms with van der Waals surface area (Å²) in [6.07, 6.45) is 1.54. The number of benzene rings is 2. The van der Waals surface area contributed by atoms with E-state index in [2.05, 4.69) is 10.1 Å². The van der Waals surface area contributed by atoms with E-state index in [0.717, 1.165) is 0 Å². The van der Waals surface area contributed by atoms with Crippen molar-refractivity contribution in [1.82, 2.24) is 14.7 Å². The molecule has 0 atom stereocenters. The molecule has 0 radical (unpaired) electrons. The van der Waals surface area contributed by atoms with Crippen molar-refractivity contribution >= 4 is 29.4 Å². The zero-order valence-electron chi connectivity index (χ0n) is 16.5. The lowest BCUT2D eigenvalue weighted by Crippen LogP contribution is -2.40. The minimum Gasteiger partial charge on any atom is -0.378 e. The number of H-pyrrole nitrogens is 1. The number of carbonyl (C=O) groups is 1. The van der Waals surface area contributed by atoms with Gasteiger partial charge < -0.3 is 9.64 Å². The van der Waals surface area contributed by atoms with Crippen molar-refractivity contribution in [2.75, 3.05) is 26.3 Å². The molecule has 1 N–H and O–H groups in total. The lowest BCUT2D eigenvalue weighted by atomic mass is 10.1. The summed E-state index contributed by atoms with van der Waals surface area (Å²) in [6.45, 7) is 4.16. The Morgan fingerprint density at radius 3 is 2.43 bits per heavy atom. The Bertz CT molecular complexity index is 1120. The van der Waals surface area contributed by atoms with Crippen LogP contribution < -0.4 is 5.56 Å². The first-order valence-electron chi connectivity index (χ1n) is 9.61. The Morgan fingerprint density at radius 2 is 1.77 bits per heavy atom. The van der Waals surface area contributed by atoms with E-state index >= 15 is 0 Å². The number of aryl methyl sites for hydroxylation is 1. The van der Waals surface area contributed by atoms with Gasteiger partial charge in [0.25, 0.3) is 11.5 Å². The minimum atomic E-state index is -0.197. The lowest BCUT2D eigenvalue weighted by Gasteiger charge is -2.26. The number of aliphatic imine (C=N–C) groups is 1. The SMILES string of the molecule is Cc1[nH]n(-c2ccc(Cl)cc2)c(=O)c1C=Nc1ccc(C(=O)N2CCOCC2)cc1. The summed E-state index contributed by atoms with van der Waals surface area (Å²) in [4.78, 5) is 31.5. The molecular formula is C22H21ClN4O3. The number of amides is 1. The standard InChI is InChI=1S/C22H21ClN4O3/c1-15-20(22(29)27(25-15)19-8-4-17(23)5-9-19)14-24-18-6-2-16(3-7-18)21(28)26-10-12-30-13-11-26/h2-9,14,25H,10-13H2,1H3. The molecule has 0 spiro atoms. The first kappa shape index (κ1) is 20.1. The molecule has 8 heteroatoms. The molecule has 4 rings (SSSR count). The zero-order chi connectivity index (χ0) is 21.1. The molecule has 0 aliphatic carbocycles. The van der Waals surface area contributed by atoms with E-state index in [1.165, 1.54) is 4.68 Å². The van der Waals surface area contributed by atoms with Gasteiger partial charge in [-0.05, 0) is 55.5 Å². The van der Waals surface area contributed by atoms with Crippen molar-refractivity contribution in [3.63, 3.8) is 0 Å². The average Bonchev–Trinajstić information content (AvgIpc) is 3.06. The molecule has 0 unspecified atom stereocenters. The number of rotatable bonds is 4. The molecule has 30 heavy (non-hydrogen) atoms. The maximum absolute atomic E-state index is 12.8. The van der Waals surface area contributed by atoms with Crippen LogP contribution in [0.5, 0.6) is 0 Å². The monoisotopic (exact) mass is 424 g/mol. The van der Waals surface area contributed by atoms with Crippen molar-refractivity contribution in [3.05, 3.63) is 80.7 Å². The molecule has 0 saturated carbocycles. The van der Waals surface area contributed by atoms with Crippen molar-refractivity contribution < 1.29 is 9.53 Å². The summed E-state index contributed by atoms with van der Waals surface area (Å²) in [5.74, 6) is -0.0128. The molecule has 3 aromatic rings. The van der Waals surface area contributed by atoms with Crippen LogP contribution in [-0.2, 0) is 4.74 Å². The van der Waals surface area contributed by atoms with Gasteiger partial charge in [0.2, 0.25) is 0 Å². The molecule has 7 nitrogen and oxygen atoms in total. The van der Waals surface area contributed by atoms with E-state index in [-0.39, 0.29) is 11.5 Å². The lowest BCUT2D eigenvalue weighted by molar-refractivity contribution is 0.0303. The van der Waals surface area contributed by atoms with Crippen LogP contribution >= 0.6 is 11.6 Å². The number of hydrogen-bond acceptors (Lipinski definition) is 4. The maximum atomic E-state index is 12.8. The van der Waals surface area contributed by atoms with Crippen LogP contribution in [-0.4, -0.2) is 53.1 Å². The Kier molecular flexibility index (Phi) is 5.83. The average molecular weight is 425 g/mol. The highest BCUT2D eigenvalue weighted by atomic mass is 35.5. The third kappa shape index (κ3) is 4.22. The third-order valence-electron chi connectivity index (χ3n) is 4.96. The molecule has 1 aliphatic rings.